The molecule has 1 aliphatic carbocycles. The molecule has 0 bridgehead atoms. The van der Waals surface area contributed by atoms with Crippen molar-refractivity contribution < 1.29 is 14.4 Å². The lowest BCUT2D eigenvalue weighted by molar-refractivity contribution is -0.131. The summed E-state index contributed by atoms with van der Waals surface area (Å²) in [7, 11) is 0. The molecule has 1 saturated heterocycles. The van der Waals surface area contributed by atoms with E-state index in [-0.39, 0.29) is 30.8 Å². The third kappa shape index (κ3) is 3.68. The Bertz CT molecular complexity index is 772. The quantitative estimate of drug-likeness (QED) is 0.726. The molecule has 0 aromatic heterocycles. The molecule has 2 aliphatic rings. The Morgan fingerprint density at radius 3 is 2.56 bits per heavy atom. The third-order valence-electron chi connectivity index (χ3n) is 5.61. The zero-order valence-corrected chi connectivity index (χ0v) is 16.6. The minimum atomic E-state index is -0.731. The molecular formula is C20H26ClN3O3. The second-order valence-corrected chi connectivity index (χ2v) is 7.65. The maximum atomic E-state index is 12.6. The van der Waals surface area contributed by atoms with E-state index in [0.29, 0.717) is 24.3 Å². The van der Waals surface area contributed by atoms with E-state index in [1.165, 1.54) is 4.90 Å². The van der Waals surface area contributed by atoms with Crippen LogP contribution in [0.2, 0.25) is 5.02 Å². The zero-order chi connectivity index (χ0) is 19.6. The second kappa shape index (κ2) is 7.89. The molecule has 1 saturated carbocycles. The summed E-state index contributed by atoms with van der Waals surface area (Å²) in [4.78, 5) is 38.6. The molecule has 146 valence electrons. The highest BCUT2D eigenvalue weighted by Crippen LogP contribution is 2.35. The predicted molar refractivity (Wildman–Crippen MR) is 105 cm³/mol. The van der Waals surface area contributed by atoms with Crippen LogP contribution in [-0.4, -0.2) is 34.8 Å². The van der Waals surface area contributed by atoms with Gasteiger partial charge in [-0.1, -0.05) is 44.4 Å². The van der Waals surface area contributed by atoms with Crippen LogP contribution in [0.15, 0.2) is 12.1 Å². The number of urea groups is 1. The molecule has 2 N–H and O–H groups in total. The summed E-state index contributed by atoms with van der Waals surface area (Å²) in [5.41, 5.74) is 1.95. The van der Waals surface area contributed by atoms with Gasteiger partial charge in [0.25, 0.3) is 5.91 Å². The van der Waals surface area contributed by atoms with Gasteiger partial charge in [0.2, 0.25) is 5.91 Å². The number of hydrogen-bond acceptors (Lipinski definition) is 3. The summed E-state index contributed by atoms with van der Waals surface area (Å²) >= 11 is 6.27. The molecule has 0 radical (unpaired) electrons. The van der Waals surface area contributed by atoms with Gasteiger partial charge < -0.3 is 10.6 Å². The molecular weight excluding hydrogens is 366 g/mol. The highest BCUT2D eigenvalue weighted by atomic mass is 35.5. The van der Waals surface area contributed by atoms with Crippen molar-refractivity contribution in [3.63, 3.8) is 0 Å². The number of amides is 4. The van der Waals surface area contributed by atoms with Crippen molar-refractivity contribution in [1.29, 1.82) is 0 Å². The van der Waals surface area contributed by atoms with Crippen LogP contribution in [0.1, 0.15) is 57.1 Å². The van der Waals surface area contributed by atoms with E-state index in [1.807, 2.05) is 26.0 Å². The van der Waals surface area contributed by atoms with Gasteiger partial charge in [-0.3, -0.25) is 14.5 Å². The van der Waals surface area contributed by atoms with Crippen LogP contribution in [0, 0.1) is 0 Å². The topological polar surface area (TPSA) is 78.5 Å². The first kappa shape index (κ1) is 19.7. The van der Waals surface area contributed by atoms with Crippen molar-refractivity contribution in [1.82, 2.24) is 10.2 Å². The van der Waals surface area contributed by atoms with Crippen LogP contribution in [0.5, 0.6) is 0 Å². The Morgan fingerprint density at radius 1 is 1.22 bits per heavy atom. The van der Waals surface area contributed by atoms with Crippen molar-refractivity contribution >= 4 is 35.1 Å². The summed E-state index contributed by atoms with van der Waals surface area (Å²) in [6.07, 6.45) is 4.79. The fourth-order valence-electron chi connectivity index (χ4n) is 4.08. The third-order valence-corrected chi connectivity index (χ3v) is 5.96. The number of imide groups is 1. The van der Waals surface area contributed by atoms with Gasteiger partial charge in [-0.05, 0) is 42.9 Å². The molecule has 1 heterocycles. The van der Waals surface area contributed by atoms with Gasteiger partial charge in [-0.25, -0.2) is 4.79 Å². The number of carbonyl (C=O) groups is 3. The van der Waals surface area contributed by atoms with Gasteiger partial charge in [-0.2, -0.15) is 0 Å². The molecule has 1 spiro atoms. The molecule has 3 rings (SSSR count). The summed E-state index contributed by atoms with van der Waals surface area (Å²) in [6.45, 7) is 4.10. The molecule has 7 heteroatoms. The number of rotatable bonds is 6. The highest BCUT2D eigenvalue weighted by Gasteiger charge is 2.52. The fourth-order valence-corrected chi connectivity index (χ4v) is 4.37. The lowest BCUT2D eigenvalue weighted by Gasteiger charge is -2.20. The van der Waals surface area contributed by atoms with Gasteiger partial charge in [-0.15, -0.1) is 0 Å². The van der Waals surface area contributed by atoms with E-state index in [0.717, 1.165) is 36.1 Å². The largest absolute Gasteiger partial charge is 0.325 e. The number of benzene rings is 1. The minimum absolute atomic E-state index is 0.0636. The number of hydrogen-bond donors (Lipinski definition) is 2. The molecule has 4 amide bonds. The number of nitrogens with zero attached hydrogens (tertiary/aromatic N) is 1. The van der Waals surface area contributed by atoms with Gasteiger partial charge >= 0.3 is 6.03 Å². The van der Waals surface area contributed by atoms with Gasteiger partial charge in [0.1, 0.15) is 5.54 Å². The van der Waals surface area contributed by atoms with E-state index in [1.54, 1.807) is 0 Å². The number of nitrogens with one attached hydrogen (secondary N) is 2. The lowest BCUT2D eigenvalue weighted by Crippen LogP contribution is -2.44. The van der Waals surface area contributed by atoms with Crippen LogP contribution >= 0.6 is 11.6 Å². The number of carbonyl (C=O) groups excluding carboxylic acids is 3. The molecule has 0 atom stereocenters. The monoisotopic (exact) mass is 391 g/mol. The first-order valence-corrected chi connectivity index (χ1v) is 10.0. The van der Waals surface area contributed by atoms with Crippen molar-refractivity contribution in [2.75, 3.05) is 11.9 Å². The minimum Gasteiger partial charge on any atom is -0.325 e. The Labute approximate surface area is 164 Å². The van der Waals surface area contributed by atoms with Gasteiger partial charge in [0.15, 0.2) is 0 Å². The highest BCUT2D eigenvalue weighted by molar-refractivity contribution is 6.32. The number of halogens is 1. The van der Waals surface area contributed by atoms with Crippen LogP contribution in [0.4, 0.5) is 10.5 Å². The van der Waals surface area contributed by atoms with Crippen molar-refractivity contribution in [3.8, 4) is 0 Å². The predicted octanol–water partition coefficient (Wildman–Crippen LogP) is 3.66. The summed E-state index contributed by atoms with van der Waals surface area (Å²) in [5.74, 6) is -0.418. The van der Waals surface area contributed by atoms with E-state index in [2.05, 4.69) is 10.6 Å². The molecule has 6 nitrogen and oxygen atoms in total. The van der Waals surface area contributed by atoms with E-state index >= 15 is 0 Å². The lowest BCUT2D eigenvalue weighted by atomic mass is 9.98. The van der Waals surface area contributed by atoms with Crippen molar-refractivity contribution in [3.05, 3.63) is 28.3 Å². The summed E-state index contributed by atoms with van der Waals surface area (Å²) in [5, 5.41) is 6.41. The number of aryl methyl sites for hydroxylation is 1. The molecule has 1 aromatic carbocycles. The second-order valence-electron chi connectivity index (χ2n) is 7.24. The Morgan fingerprint density at radius 2 is 1.93 bits per heavy atom. The maximum absolute atomic E-state index is 12.6. The first-order chi connectivity index (χ1) is 12.9. The zero-order valence-electron chi connectivity index (χ0n) is 15.9. The van der Waals surface area contributed by atoms with Crippen LogP contribution in [0.3, 0.4) is 0 Å². The first-order valence-electron chi connectivity index (χ1n) is 9.66. The smallest absolute Gasteiger partial charge is 0.325 e. The van der Waals surface area contributed by atoms with Crippen LogP contribution in [0.25, 0.3) is 0 Å². The average molecular weight is 392 g/mol. The van der Waals surface area contributed by atoms with Gasteiger partial charge in [0, 0.05) is 23.7 Å². The van der Waals surface area contributed by atoms with E-state index < -0.39 is 5.54 Å². The number of anilines is 1. The van der Waals surface area contributed by atoms with E-state index in [4.69, 9.17) is 11.6 Å². The average Bonchev–Trinajstić information content (AvgIpc) is 3.20. The Balaban J connectivity index is 1.66. The van der Waals surface area contributed by atoms with Crippen LogP contribution < -0.4 is 10.6 Å². The standard InChI is InChI=1S/C20H26ClN3O3/c1-3-13-7-8-15(21)14(4-2)17(13)22-16(25)9-12-24-18(26)20(23-19(24)27)10-5-6-11-20/h7-8H,3-6,9-12H2,1-2H3,(H,22,25)(H,23,27). The van der Waals surface area contributed by atoms with E-state index in [9.17, 15) is 14.4 Å². The Hall–Kier alpha value is -2.08. The molecule has 1 aromatic rings. The molecule has 1 aliphatic heterocycles. The normalized spacial score (nSPS) is 18.3. The molecule has 0 unspecified atom stereocenters. The molecule has 27 heavy (non-hydrogen) atoms. The van der Waals surface area contributed by atoms with Crippen LogP contribution in [-0.2, 0) is 22.4 Å². The van der Waals surface area contributed by atoms with Gasteiger partial charge in [0.05, 0.1) is 0 Å². The van der Waals surface area contributed by atoms with Crippen molar-refractivity contribution in [2.24, 2.45) is 0 Å². The summed E-state index contributed by atoms with van der Waals surface area (Å²) < 4.78 is 0. The summed E-state index contributed by atoms with van der Waals surface area (Å²) in [6, 6.07) is 3.38. The fraction of sp³-hybridized carbons (Fsp3) is 0.550. The maximum Gasteiger partial charge on any atom is 0.325 e. The SMILES string of the molecule is CCc1ccc(Cl)c(CC)c1NC(=O)CCN1C(=O)NC2(CCCC2)C1=O. The Kier molecular flexibility index (Phi) is 5.75. The van der Waals surface area contributed by atoms with Crippen molar-refractivity contribution in [2.45, 2.75) is 64.3 Å². The molecule has 2 fully saturated rings.